The van der Waals surface area contributed by atoms with Crippen molar-refractivity contribution in [1.29, 1.82) is 5.26 Å². The molecule has 0 radical (unpaired) electrons. The predicted molar refractivity (Wildman–Crippen MR) is 93.8 cm³/mol. The van der Waals surface area contributed by atoms with Crippen molar-refractivity contribution < 1.29 is 18.4 Å². The normalized spacial score (nSPS) is 14.0. The third kappa shape index (κ3) is 3.73. The SMILES string of the molecule is Cc1cc(C#N)nnc1[C@H](C)NC(=O)CN1Cc2c(ccc(F)c2F)NC1=O. The minimum Gasteiger partial charge on any atom is -0.346 e. The average Bonchev–Trinajstić information content (AvgIpc) is 2.65. The Kier molecular flexibility index (Phi) is 5.17. The summed E-state index contributed by atoms with van der Waals surface area (Å²) in [6.07, 6.45) is 0. The number of rotatable bonds is 4. The number of carbonyl (C=O) groups excluding carboxylic acids is 2. The molecule has 1 atom stereocenters. The number of fused-ring (bicyclic) bond motifs is 1. The summed E-state index contributed by atoms with van der Waals surface area (Å²) in [5, 5.41) is 21.6. The van der Waals surface area contributed by atoms with Crippen LogP contribution in [0.3, 0.4) is 0 Å². The van der Waals surface area contributed by atoms with Gasteiger partial charge in [0.1, 0.15) is 12.6 Å². The van der Waals surface area contributed by atoms with Crippen molar-refractivity contribution in [3.8, 4) is 6.07 Å². The highest BCUT2D eigenvalue weighted by atomic mass is 19.2. The number of hydrogen-bond acceptors (Lipinski definition) is 5. The van der Waals surface area contributed by atoms with Crippen molar-refractivity contribution in [2.75, 3.05) is 11.9 Å². The molecule has 0 saturated carbocycles. The molecule has 1 aromatic carbocycles. The Labute approximate surface area is 159 Å². The summed E-state index contributed by atoms with van der Waals surface area (Å²) >= 11 is 0. The minimum atomic E-state index is -1.06. The largest absolute Gasteiger partial charge is 0.346 e. The Balaban J connectivity index is 1.68. The van der Waals surface area contributed by atoms with Crippen LogP contribution in [0.2, 0.25) is 0 Å². The third-order valence-electron chi connectivity index (χ3n) is 4.33. The maximum atomic E-state index is 14.0. The molecule has 0 spiro atoms. The highest BCUT2D eigenvalue weighted by Gasteiger charge is 2.28. The Bertz CT molecular complexity index is 1000. The zero-order valence-electron chi connectivity index (χ0n) is 15.1. The van der Waals surface area contributed by atoms with Gasteiger partial charge < -0.3 is 15.5 Å². The number of nitriles is 1. The summed E-state index contributed by atoms with van der Waals surface area (Å²) in [6, 6.07) is 4.53. The maximum absolute atomic E-state index is 14.0. The van der Waals surface area contributed by atoms with Crippen molar-refractivity contribution in [2.45, 2.75) is 26.4 Å². The van der Waals surface area contributed by atoms with Gasteiger partial charge in [-0.25, -0.2) is 13.6 Å². The smallest absolute Gasteiger partial charge is 0.322 e. The number of halogens is 2. The number of aromatic nitrogens is 2. The second-order valence-electron chi connectivity index (χ2n) is 6.37. The fraction of sp³-hybridized carbons (Fsp3) is 0.278. The summed E-state index contributed by atoms with van der Waals surface area (Å²) < 4.78 is 27.4. The standard InChI is InChI=1S/C18H16F2N6O2/c1-9-5-11(6-21)24-25-17(9)10(2)22-15(27)8-26-7-12-14(23-18(26)28)4-3-13(19)16(12)20/h3-5,10H,7-8H2,1-2H3,(H,22,27)(H,23,28)/t10-/m0/s1. The van der Waals surface area contributed by atoms with Crippen LogP contribution in [0.1, 0.15) is 35.5 Å². The fourth-order valence-electron chi connectivity index (χ4n) is 2.96. The number of hydrogen-bond donors (Lipinski definition) is 2. The molecule has 8 nitrogen and oxygen atoms in total. The molecule has 2 aromatic rings. The number of carbonyl (C=O) groups is 2. The van der Waals surface area contributed by atoms with E-state index in [4.69, 9.17) is 5.26 Å². The monoisotopic (exact) mass is 386 g/mol. The Hall–Kier alpha value is -3.61. The first kappa shape index (κ1) is 19.2. The van der Waals surface area contributed by atoms with Gasteiger partial charge in [-0.3, -0.25) is 4.79 Å². The lowest BCUT2D eigenvalue weighted by Gasteiger charge is -2.29. The van der Waals surface area contributed by atoms with Crippen LogP contribution in [0.4, 0.5) is 19.3 Å². The number of urea groups is 1. The highest BCUT2D eigenvalue weighted by molar-refractivity contribution is 5.94. The Morgan fingerprint density at radius 2 is 2.18 bits per heavy atom. The van der Waals surface area contributed by atoms with Crippen LogP contribution in [0.5, 0.6) is 0 Å². The van der Waals surface area contributed by atoms with Gasteiger partial charge in [0, 0.05) is 5.56 Å². The number of amides is 3. The molecule has 2 heterocycles. The van der Waals surface area contributed by atoms with E-state index in [1.165, 1.54) is 6.07 Å². The molecule has 0 unspecified atom stereocenters. The molecule has 1 aliphatic heterocycles. The van der Waals surface area contributed by atoms with Crippen LogP contribution >= 0.6 is 0 Å². The van der Waals surface area contributed by atoms with Crippen LogP contribution in [-0.4, -0.2) is 33.6 Å². The van der Waals surface area contributed by atoms with E-state index in [1.807, 2.05) is 6.07 Å². The first-order valence-electron chi connectivity index (χ1n) is 8.36. The van der Waals surface area contributed by atoms with Gasteiger partial charge in [-0.15, -0.1) is 5.10 Å². The molecule has 144 valence electrons. The van der Waals surface area contributed by atoms with E-state index < -0.39 is 29.6 Å². The quantitative estimate of drug-likeness (QED) is 0.837. The highest BCUT2D eigenvalue weighted by Crippen LogP contribution is 2.27. The molecule has 1 aliphatic rings. The van der Waals surface area contributed by atoms with Crippen molar-refractivity contribution in [2.24, 2.45) is 0 Å². The number of aryl methyl sites for hydroxylation is 1. The van der Waals surface area contributed by atoms with E-state index in [-0.39, 0.29) is 30.0 Å². The van der Waals surface area contributed by atoms with Crippen molar-refractivity contribution in [3.63, 3.8) is 0 Å². The van der Waals surface area contributed by atoms with Gasteiger partial charge >= 0.3 is 6.03 Å². The summed E-state index contributed by atoms with van der Waals surface area (Å²) in [5.74, 6) is -2.59. The van der Waals surface area contributed by atoms with Gasteiger partial charge in [-0.2, -0.15) is 10.4 Å². The van der Waals surface area contributed by atoms with E-state index in [0.29, 0.717) is 11.3 Å². The molecular formula is C18H16F2N6O2. The molecule has 2 N–H and O–H groups in total. The van der Waals surface area contributed by atoms with Crippen LogP contribution in [0.15, 0.2) is 18.2 Å². The molecule has 3 rings (SSSR count). The van der Waals surface area contributed by atoms with Crippen molar-refractivity contribution >= 4 is 17.6 Å². The lowest BCUT2D eigenvalue weighted by molar-refractivity contribution is -0.122. The van der Waals surface area contributed by atoms with E-state index in [1.54, 1.807) is 19.9 Å². The minimum absolute atomic E-state index is 0.0192. The molecule has 0 saturated heterocycles. The van der Waals surface area contributed by atoms with Gasteiger partial charge in [0.15, 0.2) is 17.3 Å². The van der Waals surface area contributed by atoms with Crippen LogP contribution < -0.4 is 10.6 Å². The Morgan fingerprint density at radius 3 is 2.86 bits per heavy atom. The van der Waals surface area contributed by atoms with Crippen LogP contribution in [0.25, 0.3) is 0 Å². The maximum Gasteiger partial charge on any atom is 0.322 e. The summed E-state index contributed by atoms with van der Waals surface area (Å²) in [6.45, 7) is 2.83. The molecule has 28 heavy (non-hydrogen) atoms. The lowest BCUT2D eigenvalue weighted by Crippen LogP contribution is -2.45. The summed E-state index contributed by atoms with van der Waals surface area (Å²) in [7, 11) is 0. The zero-order chi connectivity index (χ0) is 20.4. The Morgan fingerprint density at radius 1 is 1.43 bits per heavy atom. The molecule has 0 bridgehead atoms. The molecule has 1 aromatic heterocycles. The van der Waals surface area contributed by atoms with E-state index in [0.717, 1.165) is 11.0 Å². The number of nitrogens with zero attached hydrogens (tertiary/aromatic N) is 4. The number of nitrogens with one attached hydrogen (secondary N) is 2. The average molecular weight is 386 g/mol. The van der Waals surface area contributed by atoms with Gasteiger partial charge in [0.25, 0.3) is 0 Å². The fourth-order valence-corrected chi connectivity index (χ4v) is 2.96. The zero-order valence-corrected chi connectivity index (χ0v) is 15.1. The van der Waals surface area contributed by atoms with Crippen LogP contribution in [-0.2, 0) is 11.3 Å². The summed E-state index contributed by atoms with van der Waals surface area (Å²) in [5.41, 5.74) is 1.49. The van der Waals surface area contributed by atoms with E-state index in [9.17, 15) is 18.4 Å². The van der Waals surface area contributed by atoms with Gasteiger partial charge in [-0.05, 0) is 37.6 Å². The van der Waals surface area contributed by atoms with Crippen LogP contribution in [0, 0.1) is 29.9 Å². The first-order valence-corrected chi connectivity index (χ1v) is 8.36. The molecule has 10 heteroatoms. The van der Waals surface area contributed by atoms with Crippen molar-refractivity contribution in [1.82, 2.24) is 20.4 Å². The first-order chi connectivity index (χ1) is 13.3. The predicted octanol–water partition coefficient (Wildman–Crippen LogP) is 2.16. The van der Waals surface area contributed by atoms with Gasteiger partial charge in [0.05, 0.1) is 24.0 Å². The summed E-state index contributed by atoms with van der Waals surface area (Å²) in [4.78, 5) is 25.5. The number of anilines is 1. The molecule has 0 aliphatic carbocycles. The number of benzene rings is 1. The third-order valence-corrected chi connectivity index (χ3v) is 4.33. The topological polar surface area (TPSA) is 111 Å². The van der Waals surface area contributed by atoms with Gasteiger partial charge in [-0.1, -0.05) is 0 Å². The molecular weight excluding hydrogens is 370 g/mol. The van der Waals surface area contributed by atoms with E-state index in [2.05, 4.69) is 20.8 Å². The molecule has 0 fully saturated rings. The second kappa shape index (κ2) is 7.56. The second-order valence-corrected chi connectivity index (χ2v) is 6.37. The van der Waals surface area contributed by atoms with Crippen molar-refractivity contribution in [3.05, 3.63) is 52.3 Å². The van der Waals surface area contributed by atoms with Gasteiger partial charge in [0.2, 0.25) is 5.91 Å². The lowest BCUT2D eigenvalue weighted by atomic mass is 10.1. The molecule has 3 amide bonds. The van der Waals surface area contributed by atoms with E-state index >= 15 is 0 Å².